The number of ether oxygens (including phenoxy) is 1. The third-order valence-electron chi connectivity index (χ3n) is 6.39. The first-order valence-electron chi connectivity index (χ1n) is 11.2. The van der Waals surface area contributed by atoms with Gasteiger partial charge < -0.3 is 14.7 Å². The van der Waals surface area contributed by atoms with Crippen LogP contribution in [0.1, 0.15) is 47.2 Å². The number of benzene rings is 3. The van der Waals surface area contributed by atoms with Gasteiger partial charge in [-0.1, -0.05) is 54.1 Å². The average Bonchev–Trinajstić information content (AvgIpc) is 3.21. The lowest BCUT2D eigenvalue weighted by atomic mass is 9.94. The van der Waals surface area contributed by atoms with Crippen LogP contribution in [0.5, 0.6) is 5.75 Å². The van der Waals surface area contributed by atoms with Gasteiger partial charge in [-0.25, -0.2) is 0 Å². The van der Waals surface area contributed by atoms with Crippen molar-refractivity contribution in [2.24, 2.45) is 0 Å². The number of rotatable bonds is 7. The number of carboxylic acid groups (broad SMARTS) is 1. The molecule has 0 unspecified atom stereocenters. The average molecular weight is 444 g/mol. The zero-order chi connectivity index (χ0) is 23.5. The molecule has 1 atom stereocenters. The molecule has 0 saturated heterocycles. The molecule has 170 valence electrons. The number of amides is 1. The summed E-state index contributed by atoms with van der Waals surface area (Å²) in [5.41, 5.74) is 7.14. The van der Waals surface area contributed by atoms with Crippen molar-refractivity contribution in [1.82, 2.24) is 4.90 Å². The van der Waals surface area contributed by atoms with Crippen molar-refractivity contribution in [2.75, 3.05) is 7.11 Å². The summed E-state index contributed by atoms with van der Waals surface area (Å²) in [6.07, 6.45) is 1.82. The maximum Gasteiger partial charge on any atom is 0.307 e. The van der Waals surface area contributed by atoms with Gasteiger partial charge in [0.25, 0.3) is 0 Å². The number of aliphatic carboxylic acids is 1. The molecule has 1 aliphatic carbocycles. The summed E-state index contributed by atoms with van der Waals surface area (Å²) in [6, 6.07) is 20.0. The number of carboxylic acids is 1. The van der Waals surface area contributed by atoms with Crippen molar-refractivity contribution in [3.05, 3.63) is 88.5 Å². The van der Waals surface area contributed by atoms with Gasteiger partial charge in [-0.2, -0.15) is 0 Å². The van der Waals surface area contributed by atoms with Crippen molar-refractivity contribution < 1.29 is 19.4 Å². The van der Waals surface area contributed by atoms with Crippen LogP contribution in [0, 0.1) is 6.92 Å². The maximum atomic E-state index is 12.8. The number of nitrogens with zero attached hydrogens (tertiary/aromatic N) is 1. The molecule has 33 heavy (non-hydrogen) atoms. The molecule has 0 heterocycles. The van der Waals surface area contributed by atoms with Gasteiger partial charge in [-0.05, 0) is 59.7 Å². The van der Waals surface area contributed by atoms with Gasteiger partial charge in [0, 0.05) is 19.0 Å². The first-order chi connectivity index (χ1) is 15.9. The number of hydrogen-bond acceptors (Lipinski definition) is 3. The standard InChI is InChI=1S/C28H29NO4/c1-18-8-11-23(25-15-20(16-28(31)32)9-13-27(25)33-3)22(14-18)17-29(19(2)30)26-12-10-21-6-4-5-7-24(21)26/h4-9,11,13-15,26H,10,12,16-17H2,1-3H3,(H,31,32)/t26-/m0/s1. The first-order valence-corrected chi connectivity index (χ1v) is 11.2. The Morgan fingerprint density at radius 2 is 1.85 bits per heavy atom. The molecule has 0 aliphatic heterocycles. The second-order valence-corrected chi connectivity index (χ2v) is 8.67. The van der Waals surface area contributed by atoms with Crippen LogP contribution in [-0.2, 0) is 29.0 Å². The minimum atomic E-state index is -0.877. The molecule has 1 N–H and O–H groups in total. The van der Waals surface area contributed by atoms with Crippen molar-refractivity contribution in [1.29, 1.82) is 0 Å². The molecule has 3 aromatic carbocycles. The highest BCUT2D eigenvalue weighted by molar-refractivity contribution is 5.78. The van der Waals surface area contributed by atoms with Gasteiger partial charge in [-0.15, -0.1) is 0 Å². The summed E-state index contributed by atoms with van der Waals surface area (Å²) in [5.74, 6) is -0.163. The summed E-state index contributed by atoms with van der Waals surface area (Å²) in [7, 11) is 1.61. The molecule has 0 fully saturated rings. The third-order valence-corrected chi connectivity index (χ3v) is 6.39. The van der Waals surface area contributed by atoms with E-state index in [-0.39, 0.29) is 18.4 Å². The maximum absolute atomic E-state index is 12.8. The van der Waals surface area contributed by atoms with Crippen LogP contribution < -0.4 is 4.74 Å². The Balaban J connectivity index is 1.76. The molecule has 0 bridgehead atoms. The van der Waals surface area contributed by atoms with Crippen LogP contribution in [0.3, 0.4) is 0 Å². The Kier molecular flexibility index (Phi) is 6.50. The molecule has 5 heteroatoms. The number of fused-ring (bicyclic) bond motifs is 1. The summed E-state index contributed by atoms with van der Waals surface area (Å²) in [4.78, 5) is 26.0. The SMILES string of the molecule is COc1ccc(CC(=O)O)cc1-c1ccc(C)cc1CN(C(C)=O)[C@H]1CCc2ccccc21. The molecule has 4 rings (SSSR count). The number of aryl methyl sites for hydroxylation is 2. The number of carbonyl (C=O) groups excluding carboxylic acids is 1. The highest BCUT2D eigenvalue weighted by Crippen LogP contribution is 2.39. The summed E-state index contributed by atoms with van der Waals surface area (Å²) < 4.78 is 5.62. The predicted molar refractivity (Wildman–Crippen MR) is 128 cm³/mol. The van der Waals surface area contributed by atoms with Crippen LogP contribution in [0.4, 0.5) is 0 Å². The molecular weight excluding hydrogens is 414 g/mol. The Morgan fingerprint density at radius 3 is 2.58 bits per heavy atom. The minimum absolute atomic E-state index is 0.0377. The van der Waals surface area contributed by atoms with Crippen LogP contribution in [0.2, 0.25) is 0 Å². The first kappa shape index (κ1) is 22.6. The van der Waals surface area contributed by atoms with E-state index < -0.39 is 5.97 Å². The van der Waals surface area contributed by atoms with E-state index in [1.54, 1.807) is 20.1 Å². The summed E-state index contributed by atoms with van der Waals surface area (Å²) >= 11 is 0. The molecule has 0 radical (unpaired) electrons. The van der Waals surface area contributed by atoms with Crippen LogP contribution in [-0.4, -0.2) is 29.0 Å². The number of carbonyl (C=O) groups is 2. The van der Waals surface area contributed by atoms with Crippen molar-refractivity contribution in [3.8, 4) is 16.9 Å². The second kappa shape index (κ2) is 9.49. The van der Waals surface area contributed by atoms with Gasteiger partial charge >= 0.3 is 5.97 Å². The van der Waals surface area contributed by atoms with E-state index in [2.05, 4.69) is 18.2 Å². The third kappa shape index (κ3) is 4.77. The molecule has 1 aliphatic rings. The lowest BCUT2D eigenvalue weighted by molar-refractivity contribution is -0.136. The van der Waals surface area contributed by atoms with E-state index in [1.807, 2.05) is 48.2 Å². The second-order valence-electron chi connectivity index (χ2n) is 8.67. The van der Waals surface area contributed by atoms with Crippen LogP contribution in [0.25, 0.3) is 11.1 Å². The fourth-order valence-corrected chi connectivity index (χ4v) is 4.85. The largest absolute Gasteiger partial charge is 0.496 e. The number of hydrogen-bond donors (Lipinski definition) is 1. The zero-order valence-electron chi connectivity index (χ0n) is 19.3. The van der Waals surface area contributed by atoms with Crippen LogP contribution in [0.15, 0.2) is 60.7 Å². The fourth-order valence-electron chi connectivity index (χ4n) is 4.85. The van der Waals surface area contributed by atoms with Crippen molar-refractivity contribution >= 4 is 11.9 Å². The van der Waals surface area contributed by atoms with E-state index in [1.165, 1.54) is 11.1 Å². The summed E-state index contributed by atoms with van der Waals surface area (Å²) in [5, 5.41) is 9.25. The Morgan fingerprint density at radius 1 is 1.06 bits per heavy atom. The predicted octanol–water partition coefficient (Wildman–Crippen LogP) is 5.33. The van der Waals surface area contributed by atoms with Gasteiger partial charge in [0.1, 0.15) is 5.75 Å². The molecule has 1 amide bonds. The highest BCUT2D eigenvalue weighted by atomic mass is 16.5. The molecule has 3 aromatic rings. The lowest BCUT2D eigenvalue weighted by Gasteiger charge is -2.30. The van der Waals surface area contributed by atoms with Crippen molar-refractivity contribution in [3.63, 3.8) is 0 Å². The smallest absolute Gasteiger partial charge is 0.307 e. The molecule has 5 nitrogen and oxygen atoms in total. The van der Waals surface area contributed by atoms with E-state index >= 15 is 0 Å². The van der Waals surface area contributed by atoms with Gasteiger partial charge in [0.15, 0.2) is 0 Å². The fraction of sp³-hybridized carbons (Fsp3) is 0.286. The minimum Gasteiger partial charge on any atom is -0.496 e. The highest BCUT2D eigenvalue weighted by Gasteiger charge is 2.30. The van der Waals surface area contributed by atoms with E-state index in [4.69, 9.17) is 4.74 Å². The van der Waals surface area contributed by atoms with Crippen LogP contribution >= 0.6 is 0 Å². The zero-order valence-corrected chi connectivity index (χ0v) is 19.3. The Labute approximate surface area is 194 Å². The molecule has 0 aromatic heterocycles. The lowest BCUT2D eigenvalue weighted by Crippen LogP contribution is -2.31. The topological polar surface area (TPSA) is 66.8 Å². The monoisotopic (exact) mass is 443 g/mol. The quantitative estimate of drug-likeness (QED) is 0.536. The molecule has 0 spiro atoms. The number of methoxy groups -OCH3 is 1. The Hall–Kier alpha value is -3.60. The normalized spacial score (nSPS) is 14.6. The van der Waals surface area contributed by atoms with Crippen molar-refractivity contribution in [2.45, 2.75) is 45.7 Å². The molecular formula is C28H29NO4. The molecule has 0 saturated carbocycles. The van der Waals surface area contributed by atoms with Gasteiger partial charge in [0.05, 0.1) is 19.6 Å². The van der Waals surface area contributed by atoms with Gasteiger partial charge in [0.2, 0.25) is 5.91 Å². The van der Waals surface area contributed by atoms with Gasteiger partial charge in [-0.3, -0.25) is 9.59 Å². The van der Waals surface area contributed by atoms with E-state index in [0.29, 0.717) is 17.9 Å². The Bertz CT molecular complexity index is 1200. The summed E-state index contributed by atoms with van der Waals surface area (Å²) in [6.45, 7) is 4.14. The van der Waals surface area contributed by atoms with E-state index in [0.717, 1.165) is 35.1 Å². The van der Waals surface area contributed by atoms with E-state index in [9.17, 15) is 14.7 Å².